The van der Waals surface area contributed by atoms with Crippen LogP contribution < -0.4 is 0 Å². The SMILES string of the molecule is CC[C@](C)(F)c1ccccc1. The first-order valence-electron chi connectivity index (χ1n) is 3.91. The molecule has 0 aliphatic carbocycles. The first kappa shape index (κ1) is 8.25. The van der Waals surface area contributed by atoms with Crippen LogP contribution in [0, 0.1) is 0 Å². The lowest BCUT2D eigenvalue weighted by molar-refractivity contribution is 0.185. The fraction of sp³-hybridized carbons (Fsp3) is 0.400. The molecule has 0 N–H and O–H groups in total. The molecule has 0 aliphatic rings. The molecule has 0 aromatic heterocycles. The van der Waals surface area contributed by atoms with Gasteiger partial charge in [0.2, 0.25) is 0 Å². The van der Waals surface area contributed by atoms with E-state index in [0.29, 0.717) is 6.42 Å². The van der Waals surface area contributed by atoms with Crippen LogP contribution in [0.3, 0.4) is 0 Å². The molecular formula is C10H13F. The third kappa shape index (κ3) is 1.79. The summed E-state index contributed by atoms with van der Waals surface area (Å²) < 4.78 is 13.6. The van der Waals surface area contributed by atoms with E-state index in [1.807, 2.05) is 37.3 Å². The highest BCUT2D eigenvalue weighted by molar-refractivity contribution is 5.21. The van der Waals surface area contributed by atoms with E-state index in [0.717, 1.165) is 5.56 Å². The van der Waals surface area contributed by atoms with Gasteiger partial charge in [0.25, 0.3) is 0 Å². The third-order valence-corrected chi connectivity index (χ3v) is 2.04. The van der Waals surface area contributed by atoms with Gasteiger partial charge in [-0.25, -0.2) is 4.39 Å². The zero-order valence-electron chi connectivity index (χ0n) is 6.97. The molecular weight excluding hydrogens is 139 g/mol. The smallest absolute Gasteiger partial charge is 0.133 e. The minimum absolute atomic E-state index is 0.525. The second kappa shape index (κ2) is 3.04. The Morgan fingerprint density at radius 2 is 1.82 bits per heavy atom. The van der Waals surface area contributed by atoms with Crippen molar-refractivity contribution in [1.82, 2.24) is 0 Å². The molecule has 1 aromatic rings. The number of benzene rings is 1. The molecule has 0 nitrogen and oxygen atoms in total. The summed E-state index contributed by atoms with van der Waals surface area (Å²) in [6, 6.07) is 9.27. The molecule has 0 heterocycles. The summed E-state index contributed by atoms with van der Waals surface area (Å²) >= 11 is 0. The first-order chi connectivity index (χ1) is 5.17. The van der Waals surface area contributed by atoms with Gasteiger partial charge >= 0.3 is 0 Å². The molecule has 1 atom stereocenters. The molecule has 0 amide bonds. The number of hydrogen-bond acceptors (Lipinski definition) is 0. The topological polar surface area (TPSA) is 0 Å². The van der Waals surface area contributed by atoms with Gasteiger partial charge in [0.15, 0.2) is 0 Å². The number of rotatable bonds is 2. The van der Waals surface area contributed by atoms with Crippen molar-refractivity contribution in [2.45, 2.75) is 25.9 Å². The fourth-order valence-electron chi connectivity index (χ4n) is 0.990. The molecule has 11 heavy (non-hydrogen) atoms. The fourth-order valence-corrected chi connectivity index (χ4v) is 0.990. The van der Waals surface area contributed by atoms with Crippen molar-refractivity contribution in [3.63, 3.8) is 0 Å². The van der Waals surface area contributed by atoms with Gasteiger partial charge in [-0.3, -0.25) is 0 Å². The van der Waals surface area contributed by atoms with E-state index < -0.39 is 5.67 Å². The molecule has 0 saturated carbocycles. The molecule has 0 bridgehead atoms. The lowest BCUT2D eigenvalue weighted by atomic mass is 9.96. The predicted molar refractivity (Wildman–Crippen MR) is 45.2 cm³/mol. The van der Waals surface area contributed by atoms with Gasteiger partial charge in [0, 0.05) is 0 Å². The summed E-state index contributed by atoms with van der Waals surface area (Å²) in [7, 11) is 0. The Morgan fingerprint density at radius 1 is 1.27 bits per heavy atom. The minimum Gasteiger partial charge on any atom is -0.239 e. The zero-order chi connectivity index (χ0) is 8.32. The van der Waals surface area contributed by atoms with Crippen LogP contribution in [0.15, 0.2) is 30.3 Å². The second-order valence-electron chi connectivity index (χ2n) is 2.92. The molecule has 0 unspecified atom stereocenters. The van der Waals surface area contributed by atoms with Crippen LogP contribution >= 0.6 is 0 Å². The lowest BCUT2D eigenvalue weighted by Gasteiger charge is -2.17. The molecule has 0 saturated heterocycles. The minimum atomic E-state index is -1.17. The quantitative estimate of drug-likeness (QED) is 0.610. The van der Waals surface area contributed by atoms with Crippen LogP contribution in [0.2, 0.25) is 0 Å². The van der Waals surface area contributed by atoms with Gasteiger partial charge in [-0.2, -0.15) is 0 Å². The van der Waals surface area contributed by atoms with E-state index >= 15 is 0 Å². The van der Waals surface area contributed by atoms with Crippen LogP contribution in [-0.4, -0.2) is 0 Å². The maximum atomic E-state index is 13.6. The van der Waals surface area contributed by atoms with Crippen LogP contribution in [0.25, 0.3) is 0 Å². The van der Waals surface area contributed by atoms with Gasteiger partial charge in [-0.1, -0.05) is 37.3 Å². The van der Waals surface area contributed by atoms with Gasteiger partial charge in [-0.15, -0.1) is 0 Å². The maximum Gasteiger partial charge on any atom is 0.133 e. The summed E-state index contributed by atoms with van der Waals surface area (Å²) in [4.78, 5) is 0. The van der Waals surface area contributed by atoms with Crippen LogP contribution in [0.4, 0.5) is 4.39 Å². The summed E-state index contributed by atoms with van der Waals surface area (Å²) in [5, 5.41) is 0. The maximum absolute atomic E-state index is 13.6. The summed E-state index contributed by atoms with van der Waals surface area (Å²) in [5.41, 5.74) is -0.399. The van der Waals surface area contributed by atoms with Gasteiger partial charge in [0.1, 0.15) is 5.67 Å². The predicted octanol–water partition coefficient (Wildman–Crippen LogP) is 3.28. The molecule has 1 aromatic carbocycles. The average molecular weight is 152 g/mol. The zero-order valence-corrected chi connectivity index (χ0v) is 6.97. The van der Waals surface area contributed by atoms with Gasteiger partial charge < -0.3 is 0 Å². The number of hydrogen-bond donors (Lipinski definition) is 0. The van der Waals surface area contributed by atoms with E-state index in [4.69, 9.17) is 0 Å². The molecule has 1 heteroatoms. The molecule has 60 valence electrons. The van der Waals surface area contributed by atoms with Gasteiger partial charge in [0.05, 0.1) is 0 Å². The molecule has 0 fully saturated rings. The second-order valence-corrected chi connectivity index (χ2v) is 2.92. The van der Waals surface area contributed by atoms with Crippen molar-refractivity contribution >= 4 is 0 Å². The third-order valence-electron chi connectivity index (χ3n) is 2.04. The van der Waals surface area contributed by atoms with Crippen molar-refractivity contribution in [3.05, 3.63) is 35.9 Å². The molecule has 1 rings (SSSR count). The number of alkyl halides is 1. The summed E-state index contributed by atoms with van der Waals surface area (Å²) in [6.45, 7) is 3.47. The van der Waals surface area contributed by atoms with E-state index in [-0.39, 0.29) is 0 Å². The summed E-state index contributed by atoms with van der Waals surface area (Å²) in [6.07, 6.45) is 0.525. The van der Waals surface area contributed by atoms with E-state index in [1.165, 1.54) is 0 Å². The van der Waals surface area contributed by atoms with Crippen LogP contribution in [-0.2, 0) is 5.67 Å². The Kier molecular flexibility index (Phi) is 2.28. The van der Waals surface area contributed by atoms with Crippen molar-refractivity contribution in [2.75, 3.05) is 0 Å². The highest BCUT2D eigenvalue weighted by Gasteiger charge is 2.21. The van der Waals surface area contributed by atoms with Crippen LogP contribution in [0.5, 0.6) is 0 Å². The van der Waals surface area contributed by atoms with E-state index in [1.54, 1.807) is 6.92 Å². The van der Waals surface area contributed by atoms with E-state index in [9.17, 15) is 4.39 Å². The Hall–Kier alpha value is -0.850. The van der Waals surface area contributed by atoms with E-state index in [2.05, 4.69) is 0 Å². The highest BCUT2D eigenvalue weighted by Crippen LogP contribution is 2.27. The Morgan fingerprint density at radius 3 is 2.27 bits per heavy atom. The normalized spacial score (nSPS) is 15.9. The highest BCUT2D eigenvalue weighted by atomic mass is 19.1. The van der Waals surface area contributed by atoms with Gasteiger partial charge in [-0.05, 0) is 18.9 Å². The number of halogens is 1. The monoisotopic (exact) mass is 152 g/mol. The largest absolute Gasteiger partial charge is 0.239 e. The first-order valence-corrected chi connectivity index (χ1v) is 3.91. The molecule has 0 aliphatic heterocycles. The van der Waals surface area contributed by atoms with Crippen molar-refractivity contribution < 1.29 is 4.39 Å². The lowest BCUT2D eigenvalue weighted by Crippen LogP contribution is -2.12. The van der Waals surface area contributed by atoms with Crippen LogP contribution in [0.1, 0.15) is 25.8 Å². The Labute approximate surface area is 67.1 Å². The Bertz CT molecular complexity index is 214. The standard InChI is InChI=1S/C10H13F/c1-3-10(2,11)9-7-5-4-6-8-9/h4-8H,3H2,1-2H3/t10-/m0/s1. The molecule has 0 spiro atoms. The Balaban J connectivity index is 2.93. The summed E-state index contributed by atoms with van der Waals surface area (Å²) in [5.74, 6) is 0. The molecule has 0 radical (unpaired) electrons. The van der Waals surface area contributed by atoms with Crippen molar-refractivity contribution in [3.8, 4) is 0 Å². The average Bonchev–Trinajstić information content (AvgIpc) is 2.06. The van der Waals surface area contributed by atoms with Crippen molar-refractivity contribution in [1.29, 1.82) is 0 Å². The van der Waals surface area contributed by atoms with Crippen molar-refractivity contribution in [2.24, 2.45) is 0 Å².